The fourth-order valence-electron chi connectivity index (χ4n) is 2.10. The number of hydrogen-bond donors (Lipinski definition) is 1. The number of thioether (sulfide) groups is 1. The fourth-order valence-corrected chi connectivity index (χ4v) is 3.10. The van der Waals surface area contributed by atoms with Gasteiger partial charge in [-0.25, -0.2) is 4.39 Å². The predicted octanol–water partition coefficient (Wildman–Crippen LogP) is 3.50. The van der Waals surface area contributed by atoms with Gasteiger partial charge in [0.1, 0.15) is 11.6 Å². The van der Waals surface area contributed by atoms with E-state index >= 15 is 0 Å². The molecule has 0 fully saturated rings. The minimum Gasteiger partial charge on any atom is -0.497 e. The zero-order chi connectivity index (χ0) is 17.4. The van der Waals surface area contributed by atoms with E-state index in [-0.39, 0.29) is 18.3 Å². The van der Waals surface area contributed by atoms with Crippen molar-refractivity contribution < 1.29 is 13.9 Å². The molecule has 0 spiro atoms. The van der Waals surface area contributed by atoms with E-state index in [1.807, 2.05) is 36.2 Å². The van der Waals surface area contributed by atoms with Crippen molar-refractivity contribution in [2.24, 2.45) is 0 Å². The van der Waals surface area contributed by atoms with Gasteiger partial charge in [0.15, 0.2) is 0 Å². The van der Waals surface area contributed by atoms with Crippen LogP contribution in [0.15, 0.2) is 53.4 Å². The van der Waals surface area contributed by atoms with Gasteiger partial charge in [-0.2, -0.15) is 0 Å². The summed E-state index contributed by atoms with van der Waals surface area (Å²) >= 11 is 1.45. The van der Waals surface area contributed by atoms with Crippen molar-refractivity contribution in [1.29, 1.82) is 0 Å². The first kappa shape index (κ1) is 18.3. The summed E-state index contributed by atoms with van der Waals surface area (Å²) in [6, 6.07) is 13.9. The Balaban J connectivity index is 1.74. The highest BCUT2D eigenvalue weighted by atomic mass is 32.2. The lowest BCUT2D eigenvalue weighted by Gasteiger charge is -2.16. The molecule has 2 rings (SSSR count). The topological polar surface area (TPSA) is 41.6 Å². The summed E-state index contributed by atoms with van der Waals surface area (Å²) < 4.78 is 18.6. The van der Waals surface area contributed by atoms with E-state index in [0.717, 1.165) is 0 Å². The molecule has 0 radical (unpaired) electrons. The van der Waals surface area contributed by atoms with Crippen molar-refractivity contribution >= 4 is 23.4 Å². The SMILES string of the molecule is COc1cccc(NC(=O)CN(C)CCSc2ccccc2F)c1. The first-order valence-electron chi connectivity index (χ1n) is 7.58. The Morgan fingerprint density at radius 1 is 1.25 bits per heavy atom. The normalized spacial score (nSPS) is 10.7. The molecular formula is C18H21FN2O2S. The molecule has 0 aromatic heterocycles. The summed E-state index contributed by atoms with van der Waals surface area (Å²) in [7, 11) is 3.45. The molecule has 0 aliphatic rings. The summed E-state index contributed by atoms with van der Waals surface area (Å²) in [5.41, 5.74) is 0.702. The molecular weight excluding hydrogens is 327 g/mol. The third-order valence-electron chi connectivity index (χ3n) is 3.33. The molecule has 0 atom stereocenters. The maximum atomic E-state index is 13.5. The molecule has 0 saturated carbocycles. The first-order valence-corrected chi connectivity index (χ1v) is 8.57. The molecule has 0 aliphatic heterocycles. The lowest BCUT2D eigenvalue weighted by Crippen LogP contribution is -2.31. The molecule has 2 aromatic carbocycles. The Hall–Kier alpha value is -2.05. The number of nitrogens with one attached hydrogen (secondary N) is 1. The van der Waals surface area contributed by atoms with Gasteiger partial charge in [-0.05, 0) is 31.3 Å². The van der Waals surface area contributed by atoms with Crippen molar-refractivity contribution in [3.63, 3.8) is 0 Å². The molecule has 0 bridgehead atoms. The summed E-state index contributed by atoms with van der Waals surface area (Å²) in [5.74, 6) is 1.11. The summed E-state index contributed by atoms with van der Waals surface area (Å²) in [4.78, 5) is 14.6. The van der Waals surface area contributed by atoms with Crippen LogP contribution in [0.4, 0.5) is 10.1 Å². The highest BCUT2D eigenvalue weighted by molar-refractivity contribution is 7.99. The van der Waals surface area contributed by atoms with Gasteiger partial charge in [-0.15, -0.1) is 11.8 Å². The van der Waals surface area contributed by atoms with E-state index in [2.05, 4.69) is 5.32 Å². The van der Waals surface area contributed by atoms with Crippen molar-refractivity contribution in [2.45, 2.75) is 4.90 Å². The fraction of sp³-hybridized carbons (Fsp3) is 0.278. The number of anilines is 1. The van der Waals surface area contributed by atoms with E-state index in [0.29, 0.717) is 28.6 Å². The maximum absolute atomic E-state index is 13.5. The van der Waals surface area contributed by atoms with Crippen LogP contribution >= 0.6 is 11.8 Å². The van der Waals surface area contributed by atoms with Crippen LogP contribution in [0.25, 0.3) is 0 Å². The van der Waals surface area contributed by atoms with Gasteiger partial charge in [-0.1, -0.05) is 18.2 Å². The smallest absolute Gasteiger partial charge is 0.238 e. The Labute approximate surface area is 146 Å². The summed E-state index contributed by atoms with van der Waals surface area (Å²) in [5, 5.41) is 2.84. The number of rotatable bonds is 8. The molecule has 0 unspecified atom stereocenters. The Morgan fingerprint density at radius 3 is 2.79 bits per heavy atom. The van der Waals surface area contributed by atoms with Gasteiger partial charge in [0.2, 0.25) is 5.91 Å². The minimum absolute atomic E-state index is 0.0957. The molecule has 128 valence electrons. The highest BCUT2D eigenvalue weighted by Gasteiger charge is 2.08. The van der Waals surface area contributed by atoms with Gasteiger partial charge in [0.25, 0.3) is 0 Å². The number of hydrogen-bond acceptors (Lipinski definition) is 4. The Kier molecular flexibility index (Phi) is 7.08. The highest BCUT2D eigenvalue weighted by Crippen LogP contribution is 2.21. The third kappa shape index (κ3) is 5.86. The second-order valence-electron chi connectivity index (χ2n) is 5.30. The monoisotopic (exact) mass is 348 g/mol. The van der Waals surface area contributed by atoms with E-state index < -0.39 is 0 Å². The maximum Gasteiger partial charge on any atom is 0.238 e. The van der Waals surface area contributed by atoms with Crippen LogP contribution in [0.3, 0.4) is 0 Å². The van der Waals surface area contributed by atoms with Crippen LogP contribution in [0.5, 0.6) is 5.75 Å². The third-order valence-corrected chi connectivity index (χ3v) is 4.36. The number of methoxy groups -OCH3 is 1. The quantitative estimate of drug-likeness (QED) is 0.742. The number of carbonyl (C=O) groups is 1. The van der Waals surface area contributed by atoms with E-state index in [1.165, 1.54) is 17.8 Å². The van der Waals surface area contributed by atoms with Crippen molar-refractivity contribution in [1.82, 2.24) is 4.90 Å². The largest absolute Gasteiger partial charge is 0.497 e. The number of benzene rings is 2. The average Bonchev–Trinajstić information content (AvgIpc) is 2.56. The Morgan fingerprint density at radius 2 is 2.04 bits per heavy atom. The number of amides is 1. The van der Waals surface area contributed by atoms with Crippen LogP contribution in [-0.4, -0.2) is 43.8 Å². The van der Waals surface area contributed by atoms with Crippen LogP contribution in [0, 0.1) is 5.82 Å². The summed E-state index contributed by atoms with van der Waals surface area (Å²) in [6.45, 7) is 0.958. The van der Waals surface area contributed by atoms with E-state index in [4.69, 9.17) is 4.74 Å². The minimum atomic E-state index is -0.207. The van der Waals surface area contributed by atoms with Gasteiger partial charge < -0.3 is 10.1 Å². The molecule has 0 saturated heterocycles. The van der Waals surface area contributed by atoms with Gasteiger partial charge in [0.05, 0.1) is 13.7 Å². The number of likely N-dealkylation sites (N-methyl/N-ethyl adjacent to an activating group) is 1. The second kappa shape index (κ2) is 9.30. The average molecular weight is 348 g/mol. The predicted molar refractivity (Wildman–Crippen MR) is 96.2 cm³/mol. The second-order valence-corrected chi connectivity index (χ2v) is 6.43. The van der Waals surface area contributed by atoms with Gasteiger partial charge in [0, 0.05) is 28.9 Å². The van der Waals surface area contributed by atoms with Gasteiger partial charge in [-0.3, -0.25) is 9.69 Å². The summed E-state index contributed by atoms with van der Waals surface area (Å²) in [6.07, 6.45) is 0. The first-order chi connectivity index (χ1) is 11.6. The molecule has 24 heavy (non-hydrogen) atoms. The van der Waals surface area contributed by atoms with Crippen LogP contribution in [0.1, 0.15) is 0 Å². The Bertz CT molecular complexity index is 682. The van der Waals surface area contributed by atoms with Crippen LogP contribution in [-0.2, 0) is 4.79 Å². The molecule has 1 amide bonds. The number of ether oxygens (including phenoxy) is 1. The van der Waals surface area contributed by atoms with Crippen molar-refractivity contribution in [2.75, 3.05) is 38.3 Å². The lowest BCUT2D eigenvalue weighted by molar-refractivity contribution is -0.117. The molecule has 4 nitrogen and oxygen atoms in total. The number of nitrogens with zero attached hydrogens (tertiary/aromatic N) is 1. The van der Waals surface area contributed by atoms with E-state index in [1.54, 1.807) is 25.3 Å². The van der Waals surface area contributed by atoms with E-state index in [9.17, 15) is 9.18 Å². The van der Waals surface area contributed by atoms with Crippen LogP contribution < -0.4 is 10.1 Å². The molecule has 2 aromatic rings. The number of carbonyl (C=O) groups excluding carboxylic acids is 1. The zero-order valence-corrected chi connectivity index (χ0v) is 14.6. The molecule has 6 heteroatoms. The lowest BCUT2D eigenvalue weighted by atomic mass is 10.3. The number of halogens is 1. The zero-order valence-electron chi connectivity index (χ0n) is 13.8. The standard InChI is InChI=1S/C18H21FN2O2S/c1-21(10-11-24-17-9-4-3-8-16(17)19)13-18(22)20-14-6-5-7-15(12-14)23-2/h3-9,12H,10-11,13H2,1-2H3,(H,20,22). The molecule has 1 N–H and O–H groups in total. The van der Waals surface area contributed by atoms with Crippen molar-refractivity contribution in [3.8, 4) is 5.75 Å². The van der Waals surface area contributed by atoms with Crippen LogP contribution in [0.2, 0.25) is 0 Å². The molecule has 0 aliphatic carbocycles. The van der Waals surface area contributed by atoms with Gasteiger partial charge >= 0.3 is 0 Å². The van der Waals surface area contributed by atoms with Crippen molar-refractivity contribution in [3.05, 3.63) is 54.3 Å². The molecule has 0 heterocycles.